The molecule has 0 radical (unpaired) electrons. The smallest absolute Gasteiger partial charge is 0.144 e. The van der Waals surface area contributed by atoms with Crippen LogP contribution in [0.15, 0.2) is 73.3 Å². The van der Waals surface area contributed by atoms with E-state index in [2.05, 4.69) is 56.4 Å². The summed E-state index contributed by atoms with van der Waals surface area (Å²) in [6.45, 7) is 1.64. The van der Waals surface area contributed by atoms with Crippen molar-refractivity contribution in [3.63, 3.8) is 0 Å². The topological polar surface area (TPSA) is 52.0 Å². The molecule has 1 aliphatic rings. The maximum Gasteiger partial charge on any atom is 0.144 e. The van der Waals surface area contributed by atoms with Crippen LogP contribution in [0.4, 0.5) is 0 Å². The Balaban J connectivity index is 1.42. The molecule has 1 fully saturated rings. The van der Waals surface area contributed by atoms with Gasteiger partial charge >= 0.3 is 0 Å². The molecule has 5 heteroatoms. The SMILES string of the molecule is CNC[C@H]1C[C@H](n2cc(-c3cccc(OCc4ccccc4)c3)c3cncnc32)C1. The molecule has 5 nitrogen and oxygen atoms in total. The van der Waals surface area contributed by atoms with Gasteiger partial charge in [-0.15, -0.1) is 0 Å². The largest absolute Gasteiger partial charge is 0.489 e. The molecule has 1 aliphatic carbocycles. The Bertz CT molecular complexity index is 1130. The highest BCUT2D eigenvalue weighted by molar-refractivity contribution is 5.93. The van der Waals surface area contributed by atoms with Crippen molar-refractivity contribution in [3.05, 3.63) is 78.9 Å². The molecule has 0 spiro atoms. The molecule has 152 valence electrons. The van der Waals surface area contributed by atoms with Crippen molar-refractivity contribution >= 4 is 11.0 Å². The fraction of sp³-hybridized carbons (Fsp3) is 0.280. The summed E-state index contributed by atoms with van der Waals surface area (Å²) in [6.07, 6.45) is 8.19. The Labute approximate surface area is 176 Å². The predicted molar refractivity (Wildman–Crippen MR) is 119 cm³/mol. The minimum Gasteiger partial charge on any atom is -0.489 e. The first-order valence-corrected chi connectivity index (χ1v) is 10.5. The standard InChI is InChI=1S/C25H26N4O/c1-26-13-19-10-21(11-19)29-15-24(23-14-27-17-28-25(23)29)20-8-5-9-22(12-20)30-16-18-6-3-2-4-7-18/h2-9,12,14-15,17,19,21,26H,10-11,13,16H2,1H3/t19-,21-. The third kappa shape index (κ3) is 3.68. The number of fused-ring (bicyclic) bond motifs is 1. The van der Waals surface area contributed by atoms with Gasteiger partial charge in [0.25, 0.3) is 0 Å². The molecule has 0 atom stereocenters. The summed E-state index contributed by atoms with van der Waals surface area (Å²) in [7, 11) is 2.02. The number of hydrogen-bond acceptors (Lipinski definition) is 4. The third-order valence-electron chi connectivity index (χ3n) is 5.98. The first kappa shape index (κ1) is 18.8. The molecule has 1 saturated carbocycles. The number of nitrogens with zero attached hydrogens (tertiary/aromatic N) is 3. The van der Waals surface area contributed by atoms with Crippen LogP contribution >= 0.6 is 0 Å². The van der Waals surface area contributed by atoms with Gasteiger partial charge in [-0.05, 0) is 55.6 Å². The van der Waals surface area contributed by atoms with E-state index in [4.69, 9.17) is 4.74 Å². The van der Waals surface area contributed by atoms with E-state index >= 15 is 0 Å². The van der Waals surface area contributed by atoms with E-state index in [0.717, 1.165) is 45.9 Å². The fourth-order valence-corrected chi connectivity index (χ4v) is 4.37. The van der Waals surface area contributed by atoms with E-state index in [1.807, 2.05) is 37.5 Å². The van der Waals surface area contributed by atoms with Crippen LogP contribution in [0.3, 0.4) is 0 Å². The van der Waals surface area contributed by atoms with Gasteiger partial charge in [0.1, 0.15) is 24.3 Å². The summed E-state index contributed by atoms with van der Waals surface area (Å²) in [5.74, 6) is 1.62. The lowest BCUT2D eigenvalue weighted by Gasteiger charge is -2.36. The van der Waals surface area contributed by atoms with Crippen LogP contribution in [-0.4, -0.2) is 28.1 Å². The van der Waals surface area contributed by atoms with E-state index in [1.54, 1.807) is 6.33 Å². The Kier molecular flexibility index (Phi) is 5.20. The van der Waals surface area contributed by atoms with Crippen molar-refractivity contribution in [1.82, 2.24) is 19.9 Å². The number of benzene rings is 2. The maximum atomic E-state index is 6.05. The summed E-state index contributed by atoms with van der Waals surface area (Å²) in [4.78, 5) is 8.90. The van der Waals surface area contributed by atoms with Crippen LogP contribution in [0.1, 0.15) is 24.4 Å². The zero-order valence-corrected chi connectivity index (χ0v) is 17.2. The number of aromatic nitrogens is 3. The highest BCUT2D eigenvalue weighted by Gasteiger charge is 2.31. The van der Waals surface area contributed by atoms with Gasteiger partial charge in [0.05, 0.1) is 0 Å². The Hall–Kier alpha value is -3.18. The Morgan fingerprint density at radius 1 is 1.10 bits per heavy atom. The van der Waals surface area contributed by atoms with Crippen molar-refractivity contribution in [2.24, 2.45) is 5.92 Å². The van der Waals surface area contributed by atoms with Crippen LogP contribution in [0.25, 0.3) is 22.2 Å². The molecule has 0 amide bonds. The van der Waals surface area contributed by atoms with Crippen LogP contribution in [0.2, 0.25) is 0 Å². The molecule has 2 aromatic carbocycles. The van der Waals surface area contributed by atoms with Crippen molar-refractivity contribution < 1.29 is 4.74 Å². The molecular formula is C25H26N4O. The second-order valence-corrected chi connectivity index (χ2v) is 8.06. The average molecular weight is 399 g/mol. The second-order valence-electron chi connectivity index (χ2n) is 8.06. The molecule has 1 N–H and O–H groups in total. The number of hydrogen-bond donors (Lipinski definition) is 1. The molecule has 2 aromatic heterocycles. The van der Waals surface area contributed by atoms with E-state index in [0.29, 0.717) is 12.6 Å². The molecular weight excluding hydrogens is 372 g/mol. The van der Waals surface area contributed by atoms with Crippen LogP contribution in [0.5, 0.6) is 5.75 Å². The number of ether oxygens (including phenoxy) is 1. The van der Waals surface area contributed by atoms with Crippen molar-refractivity contribution in [2.75, 3.05) is 13.6 Å². The molecule has 4 aromatic rings. The van der Waals surface area contributed by atoms with Crippen molar-refractivity contribution in [3.8, 4) is 16.9 Å². The maximum absolute atomic E-state index is 6.05. The monoisotopic (exact) mass is 398 g/mol. The number of rotatable bonds is 7. The van der Waals surface area contributed by atoms with E-state index in [1.165, 1.54) is 12.8 Å². The lowest BCUT2D eigenvalue weighted by atomic mass is 9.80. The van der Waals surface area contributed by atoms with Crippen LogP contribution in [0, 0.1) is 5.92 Å². The zero-order valence-electron chi connectivity index (χ0n) is 17.2. The Morgan fingerprint density at radius 2 is 1.97 bits per heavy atom. The predicted octanol–water partition coefficient (Wildman–Crippen LogP) is 4.85. The molecule has 5 rings (SSSR count). The van der Waals surface area contributed by atoms with Gasteiger partial charge < -0.3 is 14.6 Å². The van der Waals surface area contributed by atoms with Gasteiger partial charge in [-0.1, -0.05) is 42.5 Å². The molecule has 2 heterocycles. The quantitative estimate of drug-likeness (QED) is 0.484. The lowest BCUT2D eigenvalue weighted by Crippen LogP contribution is -2.33. The van der Waals surface area contributed by atoms with E-state index in [9.17, 15) is 0 Å². The molecule has 0 bridgehead atoms. The Morgan fingerprint density at radius 3 is 2.80 bits per heavy atom. The first-order chi connectivity index (χ1) is 14.8. The lowest BCUT2D eigenvalue weighted by molar-refractivity contribution is 0.200. The number of nitrogens with one attached hydrogen (secondary N) is 1. The van der Waals surface area contributed by atoms with Crippen LogP contribution in [-0.2, 0) is 6.61 Å². The van der Waals surface area contributed by atoms with Gasteiger partial charge in [0.2, 0.25) is 0 Å². The normalized spacial score (nSPS) is 18.3. The molecule has 0 saturated heterocycles. The van der Waals surface area contributed by atoms with Crippen LogP contribution < -0.4 is 10.1 Å². The summed E-state index contributed by atoms with van der Waals surface area (Å²) >= 11 is 0. The summed E-state index contributed by atoms with van der Waals surface area (Å²) < 4.78 is 8.39. The van der Waals surface area contributed by atoms with E-state index in [-0.39, 0.29) is 0 Å². The zero-order chi connectivity index (χ0) is 20.3. The third-order valence-corrected chi connectivity index (χ3v) is 5.98. The average Bonchev–Trinajstić information content (AvgIpc) is 3.15. The minimum atomic E-state index is 0.506. The van der Waals surface area contributed by atoms with Gasteiger partial charge in [-0.3, -0.25) is 0 Å². The summed E-state index contributed by atoms with van der Waals surface area (Å²) in [5.41, 5.74) is 4.47. The fourth-order valence-electron chi connectivity index (χ4n) is 4.37. The van der Waals surface area contributed by atoms with Gasteiger partial charge in [0, 0.05) is 29.4 Å². The van der Waals surface area contributed by atoms with Gasteiger partial charge in [-0.2, -0.15) is 0 Å². The highest BCUT2D eigenvalue weighted by atomic mass is 16.5. The summed E-state index contributed by atoms with van der Waals surface area (Å²) in [5, 5.41) is 4.38. The minimum absolute atomic E-state index is 0.506. The van der Waals surface area contributed by atoms with Gasteiger partial charge in [-0.25, -0.2) is 9.97 Å². The molecule has 0 unspecified atom stereocenters. The van der Waals surface area contributed by atoms with Gasteiger partial charge in [0.15, 0.2) is 0 Å². The second kappa shape index (κ2) is 8.28. The molecule has 0 aliphatic heterocycles. The molecule has 30 heavy (non-hydrogen) atoms. The first-order valence-electron chi connectivity index (χ1n) is 10.5. The van der Waals surface area contributed by atoms with Crippen molar-refractivity contribution in [2.45, 2.75) is 25.5 Å². The summed E-state index contributed by atoms with van der Waals surface area (Å²) in [6, 6.07) is 19.1. The van der Waals surface area contributed by atoms with E-state index < -0.39 is 0 Å². The van der Waals surface area contributed by atoms with Crippen molar-refractivity contribution in [1.29, 1.82) is 0 Å². The highest BCUT2D eigenvalue weighted by Crippen LogP contribution is 2.41.